The number of hydrogen-bond acceptors (Lipinski definition) is 3. The third-order valence-electron chi connectivity index (χ3n) is 24.0. The van der Waals surface area contributed by atoms with Gasteiger partial charge in [0, 0.05) is 84.7 Å². The molecular formula is C112H115N8+. The van der Waals surface area contributed by atoms with E-state index in [-0.39, 0.29) is 43.3 Å². The first kappa shape index (κ1) is 81.4. The van der Waals surface area contributed by atoms with E-state index >= 15 is 0 Å². The fourth-order valence-corrected chi connectivity index (χ4v) is 16.5. The molecule has 16 bridgehead atoms. The minimum atomic E-state index is -0.161. The fourth-order valence-electron chi connectivity index (χ4n) is 16.5. The molecule has 0 spiro atoms. The molecule has 0 unspecified atom stereocenters. The van der Waals surface area contributed by atoms with Gasteiger partial charge in [0.05, 0.1) is 50.8 Å². The number of hydrogen-bond donors (Lipinski definition) is 4. The van der Waals surface area contributed by atoms with Crippen LogP contribution in [0.1, 0.15) is 267 Å². The molecule has 6 aromatic carbocycles. The van der Waals surface area contributed by atoms with Crippen molar-refractivity contribution in [2.75, 3.05) is 0 Å². The Morgan fingerprint density at radius 2 is 0.675 bits per heavy atom. The number of rotatable bonds is 7. The van der Waals surface area contributed by atoms with Gasteiger partial charge in [-0.15, -0.1) is 0 Å². The normalized spacial score (nSPS) is 16.0. The van der Waals surface area contributed by atoms with Gasteiger partial charge in [0.2, 0.25) is 0 Å². The summed E-state index contributed by atoms with van der Waals surface area (Å²) in [6.45, 7) is 55.3. The molecule has 0 atom stereocenters. The number of aromatic amines is 4. The van der Waals surface area contributed by atoms with E-state index in [0.717, 1.165) is 156 Å². The fraction of sp³-hybridized carbons (Fsp3) is 0.286. The SMILES string of the molecule is CC(C)(C)c1cc(/C2=C3\C=CC(=N3)/C(c3ccccc3)=c3/cc/c([nH]3)=C(\c3cc(C(C)(C)C)cc(C(C)(C)C)c3)C3=[N+]=C(C=C3)C(=C=C=C=Cc3c4nc(c(-c5cc(C(C)(C)C)cc(C(C)(C)C)c5)c5ccc([nH]5)c(-c5ccccc5)c5nc(c(-c6cc(C(C)(C)C)cc(C(C)(C)C)c6)c6ccc3[nH]6)C=C5)C=C4)c3ccc2[nH]3)cc(C(C)(C)C)c1. The van der Waals surface area contributed by atoms with Gasteiger partial charge < -0.3 is 19.9 Å². The van der Waals surface area contributed by atoms with Crippen LogP contribution in [0, 0.1) is 0 Å². The molecule has 602 valence electrons. The third-order valence-corrected chi connectivity index (χ3v) is 24.0. The number of nitrogens with zero attached hydrogens (tertiary/aromatic N) is 4. The van der Waals surface area contributed by atoms with Crippen LogP contribution in [0.3, 0.4) is 0 Å². The summed E-state index contributed by atoms with van der Waals surface area (Å²) < 4.78 is 5.80. The lowest BCUT2D eigenvalue weighted by Gasteiger charge is -2.27. The summed E-state index contributed by atoms with van der Waals surface area (Å²) in [6.07, 6.45) is 19.4. The molecule has 10 heterocycles. The lowest BCUT2D eigenvalue weighted by atomic mass is 9.78. The summed E-state index contributed by atoms with van der Waals surface area (Å²) in [4.78, 5) is 33.5. The van der Waals surface area contributed by atoms with Crippen LogP contribution in [0.2, 0.25) is 0 Å². The van der Waals surface area contributed by atoms with Crippen LogP contribution in [0.4, 0.5) is 0 Å². The molecule has 16 rings (SSSR count). The second-order valence-electron chi connectivity index (χ2n) is 41.5. The number of H-pyrrole nitrogens is 4. The van der Waals surface area contributed by atoms with Crippen LogP contribution < -0.4 is 15.4 Å². The number of aliphatic imine (C=N–C) groups is 1. The Balaban J connectivity index is 1.03. The predicted molar refractivity (Wildman–Crippen MR) is 512 cm³/mol. The van der Waals surface area contributed by atoms with E-state index in [2.05, 4.69) is 434 Å². The van der Waals surface area contributed by atoms with E-state index in [1.54, 1.807) is 0 Å². The molecule has 5 aliphatic heterocycles. The van der Waals surface area contributed by atoms with Gasteiger partial charge in [-0.25, -0.2) is 15.0 Å². The standard InChI is InChI=1S/C112H114N8/c1-105(2,3)73-55-69(56-74(63-73)106(4,5)6)101-91-43-39-83(113-91)81(84-40-44-92(114-84)102(70-57-75(107(7,8)9)64-76(58-70)108(10,11)12)96-52-48-88(118-96)99(67-33-27-25-28-34-67)87-47-51-95(101)117-87)37-31-32-38-82-85-41-45-93(115-85)103(71-59-77(109(13,14)15)65-78(60-71)110(16,17)18)97-53-49-89(119-97)100(68-35-29-26-30-36-68)90-50-54-98(120-90)104(94-46-42-86(82)116-94)72-61-79(111(19,20)21)66-80(62-72)112(22,23)24/h25-30,33-37,39-66H,1-24H3,(H3,113,114,115,116,117,118,119,120)/p+1. The number of benzene rings is 6. The largest absolute Gasteiger partial charge is 0.354 e. The molecule has 5 aliphatic rings. The molecule has 0 amide bonds. The van der Waals surface area contributed by atoms with Gasteiger partial charge in [-0.05, 0) is 218 Å². The quantitative estimate of drug-likeness (QED) is 0.0940. The monoisotopic (exact) mass is 1570 g/mol. The Morgan fingerprint density at radius 1 is 0.300 bits per heavy atom. The van der Waals surface area contributed by atoms with Crippen molar-refractivity contribution in [1.82, 2.24) is 34.6 Å². The maximum Gasteiger partial charge on any atom is 0.345 e. The van der Waals surface area contributed by atoms with E-state index in [1.165, 1.54) is 44.5 Å². The van der Waals surface area contributed by atoms with Gasteiger partial charge in [0.25, 0.3) is 0 Å². The van der Waals surface area contributed by atoms with Crippen molar-refractivity contribution >= 4 is 91.9 Å². The van der Waals surface area contributed by atoms with Crippen molar-refractivity contribution in [3.8, 4) is 33.4 Å². The molecule has 8 nitrogen and oxygen atoms in total. The Bertz CT molecular complexity index is 6630. The van der Waals surface area contributed by atoms with Crippen molar-refractivity contribution in [1.29, 1.82) is 0 Å². The number of aromatic nitrogens is 6. The molecule has 0 saturated heterocycles. The number of allylic oxidation sites excluding steroid dienone is 5. The number of nitrogens with one attached hydrogen (secondary N) is 4. The average Bonchev–Trinajstić information content (AvgIpc) is 1.59. The first-order valence-electron chi connectivity index (χ1n) is 42.7. The topological polar surface area (TPSA) is 115 Å². The summed E-state index contributed by atoms with van der Waals surface area (Å²) in [5, 5.41) is 1.88. The minimum absolute atomic E-state index is 0.159. The molecule has 120 heavy (non-hydrogen) atoms. The van der Waals surface area contributed by atoms with Gasteiger partial charge >= 0.3 is 11.4 Å². The molecule has 0 radical (unpaired) electrons. The van der Waals surface area contributed by atoms with Crippen LogP contribution in [-0.4, -0.2) is 47.0 Å². The summed E-state index contributed by atoms with van der Waals surface area (Å²) in [5.74, 6) is 0. The van der Waals surface area contributed by atoms with E-state index in [0.29, 0.717) is 11.3 Å². The van der Waals surface area contributed by atoms with Crippen molar-refractivity contribution in [2.24, 2.45) is 4.99 Å². The van der Waals surface area contributed by atoms with Gasteiger partial charge in [0.15, 0.2) is 0 Å². The number of fused-ring (bicyclic) bond motifs is 13. The lowest BCUT2D eigenvalue weighted by Crippen LogP contribution is -2.23. The first-order chi connectivity index (χ1) is 56.5. The Hall–Kier alpha value is -12.4. The molecule has 0 aliphatic carbocycles. The van der Waals surface area contributed by atoms with Crippen molar-refractivity contribution in [2.45, 2.75) is 209 Å². The molecule has 11 aromatic rings. The maximum atomic E-state index is 5.82. The molecule has 5 aromatic heterocycles. The van der Waals surface area contributed by atoms with Crippen LogP contribution in [0.25, 0.3) is 108 Å². The summed E-state index contributed by atoms with van der Waals surface area (Å²) in [7, 11) is 0. The Kier molecular flexibility index (Phi) is 20.3. The minimum Gasteiger partial charge on any atom is -0.354 e. The van der Waals surface area contributed by atoms with Crippen LogP contribution in [0.15, 0.2) is 234 Å². The van der Waals surface area contributed by atoms with E-state index in [9.17, 15) is 0 Å². The highest BCUT2D eigenvalue weighted by Crippen LogP contribution is 2.45. The smallest absolute Gasteiger partial charge is 0.345 e. The lowest BCUT2D eigenvalue weighted by molar-refractivity contribution is 0.567. The van der Waals surface area contributed by atoms with Gasteiger partial charge in [-0.3, -0.25) is 0 Å². The summed E-state index contributed by atoms with van der Waals surface area (Å²) in [6, 6.07) is 67.6. The molecule has 0 fully saturated rings. The summed E-state index contributed by atoms with van der Waals surface area (Å²) in [5.41, 5.74) is 45.4. The van der Waals surface area contributed by atoms with E-state index in [1.807, 2.05) is 6.08 Å². The van der Waals surface area contributed by atoms with Crippen LogP contribution in [0.5, 0.6) is 0 Å². The highest BCUT2D eigenvalue weighted by Gasteiger charge is 2.34. The zero-order chi connectivity index (χ0) is 85.3. The molecule has 4 N–H and O–H groups in total. The van der Waals surface area contributed by atoms with Crippen molar-refractivity contribution < 1.29 is 0 Å². The van der Waals surface area contributed by atoms with Gasteiger partial charge in [0.1, 0.15) is 5.57 Å². The first-order valence-corrected chi connectivity index (χ1v) is 42.7. The Morgan fingerprint density at radius 3 is 1.13 bits per heavy atom. The van der Waals surface area contributed by atoms with E-state index in [4.69, 9.17) is 19.6 Å². The zero-order valence-corrected chi connectivity index (χ0v) is 74.8. The third kappa shape index (κ3) is 16.3. The highest BCUT2D eigenvalue weighted by molar-refractivity contribution is 6.39. The van der Waals surface area contributed by atoms with E-state index < -0.39 is 0 Å². The molecule has 8 heteroatoms. The van der Waals surface area contributed by atoms with Crippen molar-refractivity contribution in [3.63, 3.8) is 0 Å². The van der Waals surface area contributed by atoms with Gasteiger partial charge in [-0.2, -0.15) is 0 Å². The van der Waals surface area contributed by atoms with Crippen molar-refractivity contribution in [3.05, 3.63) is 341 Å². The molecular weight excluding hydrogens is 1460 g/mol. The summed E-state index contributed by atoms with van der Waals surface area (Å²) >= 11 is 0. The maximum absolute atomic E-state index is 5.82. The predicted octanol–water partition coefficient (Wildman–Crippen LogP) is 26.1. The van der Waals surface area contributed by atoms with Gasteiger partial charge in [-0.1, -0.05) is 310 Å². The average molecular weight is 1570 g/mol. The van der Waals surface area contributed by atoms with Crippen LogP contribution in [-0.2, 0) is 43.3 Å². The second-order valence-corrected chi connectivity index (χ2v) is 41.5. The zero-order valence-electron chi connectivity index (χ0n) is 74.8. The second kappa shape index (κ2) is 29.9. The Labute approximate surface area is 710 Å². The van der Waals surface area contributed by atoms with Crippen LogP contribution >= 0.6 is 0 Å². The molecule has 0 saturated carbocycles. The highest BCUT2D eigenvalue weighted by atomic mass is 14.8.